The van der Waals surface area contributed by atoms with Crippen molar-refractivity contribution >= 4 is 39.2 Å². The zero-order valence-electron chi connectivity index (χ0n) is 16.8. The molecule has 29 heavy (non-hydrogen) atoms. The molecule has 2 aromatic rings. The molecule has 0 saturated heterocycles. The van der Waals surface area contributed by atoms with Crippen LogP contribution >= 0.6 is 23.1 Å². The molecule has 0 aliphatic heterocycles. The second-order valence-electron chi connectivity index (χ2n) is 7.22. The zero-order valence-corrected chi connectivity index (χ0v) is 18.5. The van der Waals surface area contributed by atoms with Crippen LogP contribution in [0.2, 0.25) is 0 Å². The summed E-state index contributed by atoms with van der Waals surface area (Å²) in [5, 5.41) is 13.5. The van der Waals surface area contributed by atoms with E-state index in [-0.39, 0.29) is 17.2 Å². The molecule has 2 aromatic heterocycles. The average molecular weight is 435 g/mol. The number of nitrogens with one attached hydrogen (secondary N) is 1. The molecule has 1 aliphatic rings. The highest BCUT2D eigenvalue weighted by Gasteiger charge is 2.35. The van der Waals surface area contributed by atoms with Crippen molar-refractivity contribution in [1.82, 2.24) is 14.9 Å². The van der Waals surface area contributed by atoms with E-state index in [1.807, 2.05) is 6.07 Å². The van der Waals surface area contributed by atoms with Gasteiger partial charge in [-0.3, -0.25) is 14.2 Å². The van der Waals surface area contributed by atoms with E-state index in [1.165, 1.54) is 23.1 Å². The minimum atomic E-state index is -0.739. The number of nitriles is 1. The number of thiophene rings is 1. The SMILES string of the molecule is CCc1cc2c(=O)n(CCCOC)c(SCC(=O)NC3(C#N)CCCC3)nc2s1. The molecule has 0 radical (unpaired) electrons. The van der Waals surface area contributed by atoms with Gasteiger partial charge in [0.15, 0.2) is 5.16 Å². The van der Waals surface area contributed by atoms with Crippen molar-refractivity contribution in [1.29, 1.82) is 5.26 Å². The topological polar surface area (TPSA) is 97.0 Å². The zero-order chi connectivity index (χ0) is 20.9. The summed E-state index contributed by atoms with van der Waals surface area (Å²) in [5.74, 6) is -0.0748. The Morgan fingerprint density at radius 2 is 2.24 bits per heavy atom. The van der Waals surface area contributed by atoms with Gasteiger partial charge in [-0.1, -0.05) is 18.7 Å². The van der Waals surface area contributed by atoms with E-state index in [9.17, 15) is 14.9 Å². The minimum absolute atomic E-state index is 0.0748. The highest BCUT2D eigenvalue weighted by Crippen LogP contribution is 2.29. The number of fused-ring (bicyclic) bond motifs is 1. The maximum absolute atomic E-state index is 13.0. The fourth-order valence-electron chi connectivity index (χ4n) is 3.57. The third-order valence-corrected chi connectivity index (χ3v) is 7.28. The summed E-state index contributed by atoms with van der Waals surface area (Å²) in [6, 6.07) is 4.19. The van der Waals surface area contributed by atoms with Crippen LogP contribution in [0.25, 0.3) is 10.2 Å². The van der Waals surface area contributed by atoms with Crippen molar-refractivity contribution in [2.45, 2.75) is 62.7 Å². The fraction of sp³-hybridized carbons (Fsp3) is 0.600. The van der Waals surface area contributed by atoms with Crippen molar-refractivity contribution in [3.8, 4) is 6.07 Å². The number of aromatic nitrogens is 2. The summed E-state index contributed by atoms with van der Waals surface area (Å²) in [4.78, 5) is 32.0. The maximum atomic E-state index is 13.0. The maximum Gasteiger partial charge on any atom is 0.262 e. The third-order valence-electron chi connectivity index (χ3n) is 5.13. The van der Waals surface area contributed by atoms with Gasteiger partial charge >= 0.3 is 0 Å². The molecule has 7 nitrogen and oxygen atoms in total. The van der Waals surface area contributed by atoms with Crippen molar-refractivity contribution in [3.05, 3.63) is 21.3 Å². The van der Waals surface area contributed by atoms with Gasteiger partial charge in [0.05, 0.1) is 17.2 Å². The Morgan fingerprint density at radius 1 is 1.48 bits per heavy atom. The molecule has 1 fully saturated rings. The van der Waals surface area contributed by atoms with E-state index >= 15 is 0 Å². The van der Waals surface area contributed by atoms with Crippen LogP contribution in [0.5, 0.6) is 0 Å². The Bertz CT molecular complexity index is 970. The molecule has 1 N–H and O–H groups in total. The van der Waals surface area contributed by atoms with Gasteiger partial charge in [-0.05, 0) is 44.6 Å². The Labute approximate surface area is 178 Å². The highest BCUT2D eigenvalue weighted by atomic mass is 32.2. The molecule has 0 aromatic carbocycles. The van der Waals surface area contributed by atoms with Crippen LogP contribution in [0, 0.1) is 11.3 Å². The van der Waals surface area contributed by atoms with Gasteiger partial charge < -0.3 is 10.1 Å². The largest absolute Gasteiger partial charge is 0.385 e. The lowest BCUT2D eigenvalue weighted by Crippen LogP contribution is -2.45. The molecular formula is C20H26N4O3S2. The monoisotopic (exact) mass is 434 g/mol. The van der Waals surface area contributed by atoms with Crippen molar-refractivity contribution in [2.24, 2.45) is 0 Å². The Morgan fingerprint density at radius 3 is 2.90 bits per heavy atom. The van der Waals surface area contributed by atoms with Crippen LogP contribution in [0.3, 0.4) is 0 Å². The van der Waals surface area contributed by atoms with E-state index in [2.05, 4.69) is 23.3 Å². The van der Waals surface area contributed by atoms with Gasteiger partial charge in [0, 0.05) is 25.1 Å². The summed E-state index contributed by atoms with van der Waals surface area (Å²) >= 11 is 2.77. The van der Waals surface area contributed by atoms with Gasteiger partial charge in [-0.15, -0.1) is 11.3 Å². The summed E-state index contributed by atoms with van der Waals surface area (Å²) in [5.41, 5.74) is -0.814. The fourth-order valence-corrected chi connectivity index (χ4v) is 5.41. The van der Waals surface area contributed by atoms with Gasteiger partial charge in [0.1, 0.15) is 10.4 Å². The van der Waals surface area contributed by atoms with Crippen LogP contribution in [0.4, 0.5) is 0 Å². The molecule has 1 aliphatic carbocycles. The first kappa shape index (κ1) is 21.8. The van der Waals surface area contributed by atoms with Gasteiger partial charge in [-0.25, -0.2) is 4.98 Å². The van der Waals surface area contributed by atoms with E-state index in [4.69, 9.17) is 4.74 Å². The Kier molecular flexibility index (Phi) is 7.33. The van der Waals surface area contributed by atoms with Crippen LogP contribution in [-0.4, -0.2) is 40.5 Å². The average Bonchev–Trinajstić information content (AvgIpc) is 3.35. The lowest BCUT2D eigenvalue weighted by Gasteiger charge is -2.21. The Balaban J connectivity index is 1.80. The minimum Gasteiger partial charge on any atom is -0.385 e. The number of carbonyl (C=O) groups is 1. The Hall–Kier alpha value is -1.89. The first-order valence-corrected chi connectivity index (χ1v) is 11.7. The van der Waals surface area contributed by atoms with E-state index < -0.39 is 5.54 Å². The molecule has 2 heterocycles. The standard InChI is InChI=1S/C20H26N4O3S2/c1-3-14-11-15-17(29-14)22-19(24(18(15)26)9-6-10-27-2)28-12-16(25)23-20(13-21)7-4-5-8-20/h11H,3-10,12H2,1-2H3,(H,23,25). The van der Waals surface area contributed by atoms with Crippen LogP contribution in [-0.2, 0) is 22.5 Å². The predicted octanol–water partition coefficient (Wildman–Crippen LogP) is 3.10. The number of thioether (sulfide) groups is 1. The number of ether oxygens (including phenoxy) is 1. The number of carbonyl (C=O) groups excluding carboxylic acids is 1. The molecule has 0 atom stereocenters. The summed E-state index contributed by atoms with van der Waals surface area (Å²) in [7, 11) is 1.63. The molecule has 3 rings (SSSR count). The third kappa shape index (κ3) is 5.00. The number of nitrogens with zero attached hydrogens (tertiary/aromatic N) is 3. The second-order valence-corrected chi connectivity index (χ2v) is 9.28. The summed E-state index contributed by atoms with van der Waals surface area (Å²) in [6.07, 6.45) is 4.84. The molecule has 1 amide bonds. The number of hydrogen-bond acceptors (Lipinski definition) is 7. The van der Waals surface area contributed by atoms with Crippen molar-refractivity contribution in [3.63, 3.8) is 0 Å². The summed E-state index contributed by atoms with van der Waals surface area (Å²) < 4.78 is 6.75. The van der Waals surface area contributed by atoms with E-state index in [0.29, 0.717) is 47.8 Å². The van der Waals surface area contributed by atoms with E-state index in [0.717, 1.165) is 24.1 Å². The highest BCUT2D eigenvalue weighted by molar-refractivity contribution is 7.99. The van der Waals surface area contributed by atoms with Gasteiger partial charge in [0.2, 0.25) is 5.91 Å². The normalized spacial score (nSPS) is 15.5. The number of aryl methyl sites for hydroxylation is 1. The first-order valence-electron chi connectivity index (χ1n) is 9.89. The van der Waals surface area contributed by atoms with Crippen molar-refractivity contribution < 1.29 is 9.53 Å². The van der Waals surface area contributed by atoms with E-state index in [1.54, 1.807) is 11.7 Å². The van der Waals surface area contributed by atoms with Gasteiger partial charge in [0.25, 0.3) is 5.56 Å². The van der Waals surface area contributed by atoms with Crippen molar-refractivity contribution in [2.75, 3.05) is 19.5 Å². The number of amides is 1. The lowest BCUT2D eigenvalue weighted by atomic mass is 10.0. The second kappa shape index (κ2) is 9.74. The quantitative estimate of drug-likeness (QED) is 0.370. The van der Waals surface area contributed by atoms with Gasteiger partial charge in [-0.2, -0.15) is 5.26 Å². The van der Waals surface area contributed by atoms with Crippen LogP contribution < -0.4 is 10.9 Å². The molecule has 9 heteroatoms. The summed E-state index contributed by atoms with van der Waals surface area (Å²) in [6.45, 7) is 3.08. The smallest absolute Gasteiger partial charge is 0.262 e. The molecule has 0 spiro atoms. The number of methoxy groups -OCH3 is 1. The predicted molar refractivity (Wildman–Crippen MR) is 115 cm³/mol. The first-order chi connectivity index (χ1) is 14.0. The van der Waals surface area contributed by atoms with Crippen LogP contribution in [0.1, 0.15) is 43.9 Å². The number of hydrogen-bond donors (Lipinski definition) is 1. The van der Waals surface area contributed by atoms with Crippen LogP contribution in [0.15, 0.2) is 16.0 Å². The molecule has 156 valence electrons. The lowest BCUT2D eigenvalue weighted by molar-refractivity contribution is -0.119. The molecule has 0 unspecified atom stereocenters. The molecule has 1 saturated carbocycles. The molecule has 0 bridgehead atoms. The number of rotatable bonds is 9. The molecular weight excluding hydrogens is 408 g/mol.